The molecule has 0 saturated carbocycles. The highest BCUT2D eigenvalue weighted by Gasteiger charge is 2.14. The summed E-state index contributed by atoms with van der Waals surface area (Å²) in [4.78, 5) is 12.3. The lowest BCUT2D eigenvalue weighted by Crippen LogP contribution is -2.29. The molecule has 140 valence electrons. The summed E-state index contributed by atoms with van der Waals surface area (Å²) < 4.78 is 1.98. The Labute approximate surface area is 164 Å². The number of rotatable bonds is 7. The molecule has 3 aromatic rings. The van der Waals surface area contributed by atoms with Gasteiger partial charge in [-0.2, -0.15) is 0 Å². The molecular formula is C21H24N4OS. The predicted octanol–water partition coefficient (Wildman–Crippen LogP) is 3.90. The molecule has 0 spiro atoms. The monoisotopic (exact) mass is 380 g/mol. The molecule has 1 atom stereocenters. The minimum atomic E-state index is -0.00103. The summed E-state index contributed by atoms with van der Waals surface area (Å²) in [5.41, 5.74) is 3.43. The quantitative estimate of drug-likeness (QED) is 0.632. The summed E-state index contributed by atoms with van der Waals surface area (Å²) in [6.45, 7) is 6.70. The molecule has 0 aliphatic rings. The van der Waals surface area contributed by atoms with Crippen LogP contribution in [0.5, 0.6) is 0 Å². The second kappa shape index (κ2) is 8.86. The molecule has 1 aromatic heterocycles. The van der Waals surface area contributed by atoms with Crippen LogP contribution in [-0.4, -0.2) is 33.0 Å². The van der Waals surface area contributed by atoms with Gasteiger partial charge in [0, 0.05) is 12.2 Å². The number of carbonyl (C=O) groups is 1. The summed E-state index contributed by atoms with van der Waals surface area (Å²) in [5, 5.41) is 12.1. The van der Waals surface area contributed by atoms with E-state index in [0.29, 0.717) is 12.3 Å². The third-order valence-electron chi connectivity index (χ3n) is 4.39. The molecule has 0 aliphatic heterocycles. The van der Waals surface area contributed by atoms with Gasteiger partial charge in [0.25, 0.3) is 0 Å². The predicted molar refractivity (Wildman–Crippen MR) is 109 cm³/mol. The van der Waals surface area contributed by atoms with E-state index in [0.717, 1.165) is 16.7 Å². The fraction of sp³-hybridized carbons (Fsp3) is 0.286. The maximum atomic E-state index is 12.3. The van der Waals surface area contributed by atoms with Crippen LogP contribution in [0.2, 0.25) is 0 Å². The SMILES string of the molecule is Cc1ccc(-n2c(C)nnc2SCC(=O)NC[C@@H](C)c2ccccc2)cc1. The first-order valence-electron chi connectivity index (χ1n) is 8.98. The van der Waals surface area contributed by atoms with Gasteiger partial charge in [0.2, 0.25) is 5.91 Å². The number of hydrogen-bond donors (Lipinski definition) is 1. The maximum Gasteiger partial charge on any atom is 0.230 e. The van der Waals surface area contributed by atoms with Gasteiger partial charge in [-0.15, -0.1) is 10.2 Å². The van der Waals surface area contributed by atoms with E-state index in [1.54, 1.807) is 0 Å². The Morgan fingerprint density at radius 1 is 1.07 bits per heavy atom. The van der Waals surface area contributed by atoms with Gasteiger partial charge in [-0.1, -0.05) is 66.7 Å². The molecule has 0 radical (unpaired) electrons. The fourth-order valence-electron chi connectivity index (χ4n) is 2.77. The molecule has 2 aromatic carbocycles. The Bertz CT molecular complexity index is 890. The highest BCUT2D eigenvalue weighted by atomic mass is 32.2. The lowest BCUT2D eigenvalue weighted by atomic mass is 10.0. The number of benzene rings is 2. The van der Waals surface area contributed by atoms with Gasteiger partial charge in [-0.25, -0.2) is 0 Å². The van der Waals surface area contributed by atoms with Crippen molar-refractivity contribution < 1.29 is 4.79 Å². The van der Waals surface area contributed by atoms with E-state index < -0.39 is 0 Å². The van der Waals surface area contributed by atoms with Gasteiger partial charge in [-0.05, 0) is 37.5 Å². The average Bonchev–Trinajstić information content (AvgIpc) is 3.06. The molecule has 27 heavy (non-hydrogen) atoms. The van der Waals surface area contributed by atoms with Crippen LogP contribution in [0.1, 0.15) is 29.8 Å². The van der Waals surface area contributed by atoms with Crippen LogP contribution in [0.15, 0.2) is 59.8 Å². The lowest BCUT2D eigenvalue weighted by Gasteiger charge is -2.13. The molecule has 0 bridgehead atoms. The molecule has 0 fully saturated rings. The maximum absolute atomic E-state index is 12.3. The van der Waals surface area contributed by atoms with Crippen LogP contribution in [0.4, 0.5) is 0 Å². The summed E-state index contributed by atoms with van der Waals surface area (Å²) in [7, 11) is 0. The molecule has 3 rings (SSSR count). The Morgan fingerprint density at radius 2 is 1.78 bits per heavy atom. The van der Waals surface area contributed by atoms with E-state index in [2.05, 4.69) is 53.6 Å². The molecule has 1 amide bonds. The number of nitrogens with one attached hydrogen (secondary N) is 1. The second-order valence-corrected chi connectivity index (χ2v) is 7.55. The molecule has 0 unspecified atom stereocenters. The van der Waals surface area contributed by atoms with Crippen molar-refractivity contribution in [1.82, 2.24) is 20.1 Å². The molecule has 5 nitrogen and oxygen atoms in total. The van der Waals surface area contributed by atoms with Crippen molar-refractivity contribution in [3.8, 4) is 5.69 Å². The molecule has 0 aliphatic carbocycles. The molecular weight excluding hydrogens is 356 g/mol. The Balaban J connectivity index is 1.57. The van der Waals surface area contributed by atoms with Gasteiger partial charge < -0.3 is 5.32 Å². The second-order valence-electron chi connectivity index (χ2n) is 6.61. The first-order valence-corrected chi connectivity index (χ1v) is 9.96. The first-order chi connectivity index (χ1) is 13.0. The molecule has 1 N–H and O–H groups in total. The van der Waals surface area contributed by atoms with E-state index in [1.807, 2.05) is 41.8 Å². The fourth-order valence-corrected chi connectivity index (χ4v) is 3.60. The van der Waals surface area contributed by atoms with Crippen molar-refractivity contribution in [1.29, 1.82) is 0 Å². The minimum absolute atomic E-state index is 0.00103. The zero-order valence-corrected chi connectivity index (χ0v) is 16.7. The van der Waals surface area contributed by atoms with Crippen LogP contribution in [0, 0.1) is 13.8 Å². The van der Waals surface area contributed by atoms with Crippen molar-refractivity contribution in [2.75, 3.05) is 12.3 Å². The van der Waals surface area contributed by atoms with Crippen LogP contribution >= 0.6 is 11.8 Å². The topological polar surface area (TPSA) is 59.8 Å². The summed E-state index contributed by atoms with van der Waals surface area (Å²) in [6.07, 6.45) is 0. The number of hydrogen-bond acceptors (Lipinski definition) is 4. The van der Waals surface area contributed by atoms with Crippen LogP contribution < -0.4 is 5.32 Å². The third-order valence-corrected chi connectivity index (χ3v) is 5.32. The first kappa shape index (κ1) is 19.2. The number of nitrogens with zero attached hydrogens (tertiary/aromatic N) is 3. The summed E-state index contributed by atoms with van der Waals surface area (Å²) in [5.74, 6) is 1.39. The third kappa shape index (κ3) is 4.98. The number of carbonyl (C=O) groups excluding carboxylic acids is 1. The average molecular weight is 381 g/mol. The van der Waals surface area contributed by atoms with Gasteiger partial charge >= 0.3 is 0 Å². The number of aryl methyl sites for hydroxylation is 2. The zero-order chi connectivity index (χ0) is 19.2. The number of thioether (sulfide) groups is 1. The minimum Gasteiger partial charge on any atom is -0.355 e. The summed E-state index contributed by atoms with van der Waals surface area (Å²) >= 11 is 1.40. The normalized spacial score (nSPS) is 12.0. The highest BCUT2D eigenvalue weighted by Crippen LogP contribution is 2.22. The van der Waals surface area contributed by atoms with Gasteiger partial charge in [0.15, 0.2) is 5.16 Å². The van der Waals surface area contributed by atoms with Crippen molar-refractivity contribution in [3.05, 3.63) is 71.5 Å². The van der Waals surface area contributed by atoms with Crippen molar-refractivity contribution in [2.45, 2.75) is 31.8 Å². The highest BCUT2D eigenvalue weighted by molar-refractivity contribution is 7.99. The smallest absolute Gasteiger partial charge is 0.230 e. The number of aromatic nitrogens is 3. The van der Waals surface area contributed by atoms with Gasteiger partial charge in [0.1, 0.15) is 5.82 Å². The molecule has 6 heteroatoms. The van der Waals surface area contributed by atoms with Crippen LogP contribution in [-0.2, 0) is 4.79 Å². The lowest BCUT2D eigenvalue weighted by molar-refractivity contribution is -0.118. The van der Waals surface area contributed by atoms with Crippen LogP contribution in [0.25, 0.3) is 5.69 Å². The summed E-state index contributed by atoms with van der Waals surface area (Å²) in [6, 6.07) is 18.4. The number of amides is 1. The molecule has 0 saturated heterocycles. The van der Waals surface area contributed by atoms with E-state index in [1.165, 1.54) is 22.9 Å². The van der Waals surface area contributed by atoms with Crippen molar-refractivity contribution in [3.63, 3.8) is 0 Å². The van der Waals surface area contributed by atoms with Crippen LogP contribution in [0.3, 0.4) is 0 Å². The Hall–Kier alpha value is -2.60. The van der Waals surface area contributed by atoms with E-state index >= 15 is 0 Å². The van der Waals surface area contributed by atoms with Gasteiger partial charge in [0.05, 0.1) is 5.75 Å². The Morgan fingerprint density at radius 3 is 2.48 bits per heavy atom. The van der Waals surface area contributed by atoms with E-state index in [4.69, 9.17) is 0 Å². The standard InChI is InChI=1S/C21H24N4OS/c1-15-9-11-19(12-10-15)25-17(3)23-24-21(25)27-14-20(26)22-13-16(2)18-7-5-4-6-8-18/h4-12,16H,13-14H2,1-3H3,(H,22,26)/t16-/m1/s1. The molecule has 1 heterocycles. The van der Waals surface area contributed by atoms with E-state index in [-0.39, 0.29) is 11.8 Å². The Kier molecular flexibility index (Phi) is 6.29. The van der Waals surface area contributed by atoms with E-state index in [9.17, 15) is 4.79 Å². The largest absolute Gasteiger partial charge is 0.355 e. The van der Waals surface area contributed by atoms with Crippen molar-refractivity contribution >= 4 is 17.7 Å². The zero-order valence-electron chi connectivity index (χ0n) is 15.8. The van der Waals surface area contributed by atoms with Gasteiger partial charge in [-0.3, -0.25) is 9.36 Å². The van der Waals surface area contributed by atoms with Crippen molar-refractivity contribution in [2.24, 2.45) is 0 Å².